The number of rotatable bonds is 8. The van der Waals surface area contributed by atoms with Crippen LogP contribution < -0.4 is 19.7 Å². The Bertz CT molecular complexity index is 1800. The average molecular weight is 677 g/mol. The molecule has 212 valence electrons. The molecule has 4 aromatic rings. The van der Waals surface area contributed by atoms with Crippen LogP contribution in [0.4, 0.5) is 16.2 Å². The summed E-state index contributed by atoms with van der Waals surface area (Å²) in [6.07, 6.45) is 1.35. The molecule has 0 aromatic heterocycles. The molecule has 1 N–H and O–H groups in total. The van der Waals surface area contributed by atoms with Crippen LogP contribution in [0.25, 0.3) is 16.8 Å². The molecule has 4 aromatic carbocycles. The molecular formula is C31H24IN3O7. The van der Waals surface area contributed by atoms with Gasteiger partial charge in [0.15, 0.2) is 11.5 Å². The fraction of sp³-hybridized carbons (Fsp3) is 0.129. The van der Waals surface area contributed by atoms with Gasteiger partial charge in [-0.2, -0.15) is 0 Å². The van der Waals surface area contributed by atoms with E-state index in [2.05, 4.69) is 46.1 Å². The number of nitro groups is 1. The molecule has 1 aliphatic heterocycles. The van der Waals surface area contributed by atoms with Crippen molar-refractivity contribution in [1.82, 2.24) is 5.32 Å². The molecule has 1 heterocycles. The quantitative estimate of drug-likeness (QED) is 0.0762. The molecule has 0 aliphatic carbocycles. The molecule has 0 spiro atoms. The Hall–Kier alpha value is -4.78. The number of carbonyl (C=O) groups is 3. The number of nitrogens with one attached hydrogen (secondary N) is 1. The number of hydrogen-bond donors (Lipinski definition) is 1. The molecule has 11 heteroatoms. The van der Waals surface area contributed by atoms with E-state index in [1.54, 1.807) is 12.1 Å². The summed E-state index contributed by atoms with van der Waals surface area (Å²) in [5, 5.41) is 15.6. The number of imide groups is 2. The van der Waals surface area contributed by atoms with Crippen molar-refractivity contribution in [1.29, 1.82) is 0 Å². The van der Waals surface area contributed by atoms with Crippen molar-refractivity contribution < 1.29 is 28.8 Å². The number of nitrogens with zero attached hydrogens (tertiary/aromatic N) is 2. The van der Waals surface area contributed by atoms with E-state index in [4.69, 9.17) is 9.47 Å². The summed E-state index contributed by atoms with van der Waals surface area (Å²) in [4.78, 5) is 49.9. The Morgan fingerprint density at radius 2 is 1.79 bits per heavy atom. The van der Waals surface area contributed by atoms with Crippen LogP contribution in [-0.2, 0) is 16.2 Å². The Balaban J connectivity index is 1.48. The summed E-state index contributed by atoms with van der Waals surface area (Å²) in [5.74, 6) is -0.862. The van der Waals surface area contributed by atoms with Gasteiger partial charge in [0.25, 0.3) is 17.5 Å². The number of amides is 4. The molecule has 10 nitrogen and oxygen atoms in total. The second-order valence-corrected chi connectivity index (χ2v) is 10.5. The Morgan fingerprint density at radius 1 is 1.00 bits per heavy atom. The number of aryl methyl sites for hydroxylation is 1. The van der Waals surface area contributed by atoms with Crippen molar-refractivity contribution in [3.05, 3.63) is 109 Å². The molecule has 0 atom stereocenters. The molecule has 5 rings (SSSR count). The number of ether oxygens (including phenoxy) is 2. The molecule has 0 bridgehead atoms. The van der Waals surface area contributed by atoms with Crippen LogP contribution in [0, 0.1) is 20.6 Å². The highest BCUT2D eigenvalue weighted by Crippen LogP contribution is 2.37. The lowest BCUT2D eigenvalue weighted by Crippen LogP contribution is -2.54. The van der Waals surface area contributed by atoms with Crippen LogP contribution in [0.1, 0.15) is 23.6 Å². The Labute approximate surface area is 254 Å². The van der Waals surface area contributed by atoms with Crippen LogP contribution in [0.2, 0.25) is 0 Å². The van der Waals surface area contributed by atoms with Crippen molar-refractivity contribution >= 4 is 68.7 Å². The van der Waals surface area contributed by atoms with Crippen molar-refractivity contribution in [2.24, 2.45) is 0 Å². The van der Waals surface area contributed by atoms with Gasteiger partial charge in [0.2, 0.25) is 0 Å². The Kier molecular flexibility index (Phi) is 8.20. The number of barbiturate groups is 1. The maximum absolute atomic E-state index is 13.3. The number of carbonyl (C=O) groups excluding carboxylic acids is 3. The fourth-order valence-corrected chi connectivity index (χ4v) is 5.44. The van der Waals surface area contributed by atoms with Gasteiger partial charge >= 0.3 is 6.03 Å². The monoisotopic (exact) mass is 677 g/mol. The van der Waals surface area contributed by atoms with Gasteiger partial charge in [0.1, 0.15) is 12.2 Å². The van der Waals surface area contributed by atoms with E-state index < -0.39 is 22.8 Å². The standard InChI is InChI=1S/C31H24IN3O7/c1-3-41-27-15-19(14-26(32)28(27)42-17-25-18(2)11-12-20-7-4-5-10-23(20)25)13-24-29(36)33-31(38)34(30(24)37)21-8-6-9-22(16-21)35(39)40/h4-16H,3,17H2,1-2H3,(H,33,36,38)/b24-13+. The van der Waals surface area contributed by atoms with Crippen LogP contribution in [0.5, 0.6) is 11.5 Å². The van der Waals surface area contributed by atoms with Crippen molar-refractivity contribution in [2.45, 2.75) is 20.5 Å². The molecule has 1 saturated heterocycles. The highest BCUT2D eigenvalue weighted by molar-refractivity contribution is 14.1. The topological polar surface area (TPSA) is 128 Å². The maximum Gasteiger partial charge on any atom is 0.335 e. The zero-order chi connectivity index (χ0) is 30.0. The maximum atomic E-state index is 13.3. The van der Waals surface area contributed by atoms with E-state index in [0.717, 1.165) is 28.0 Å². The molecule has 1 fully saturated rings. The predicted molar refractivity (Wildman–Crippen MR) is 165 cm³/mol. The Morgan fingerprint density at radius 3 is 2.55 bits per heavy atom. The van der Waals surface area contributed by atoms with Gasteiger partial charge in [-0.05, 0) is 82.6 Å². The summed E-state index contributed by atoms with van der Waals surface area (Å²) in [5.41, 5.74) is 1.94. The molecule has 0 saturated carbocycles. The number of non-ortho nitro benzene ring substituents is 1. The first kappa shape index (κ1) is 28.7. The first-order chi connectivity index (χ1) is 20.2. The van der Waals surface area contributed by atoms with Gasteiger partial charge in [-0.15, -0.1) is 0 Å². The van der Waals surface area contributed by atoms with Crippen LogP contribution in [-0.4, -0.2) is 29.4 Å². The number of fused-ring (bicyclic) bond motifs is 1. The van der Waals surface area contributed by atoms with Gasteiger partial charge in [-0.25, -0.2) is 9.69 Å². The zero-order valence-corrected chi connectivity index (χ0v) is 24.7. The molecule has 4 amide bonds. The first-order valence-electron chi connectivity index (χ1n) is 12.9. The van der Waals surface area contributed by atoms with Gasteiger partial charge in [0, 0.05) is 17.7 Å². The average Bonchev–Trinajstić information content (AvgIpc) is 2.96. The minimum atomic E-state index is -1.00. The lowest BCUT2D eigenvalue weighted by atomic mass is 10.0. The SMILES string of the molecule is CCOc1cc(/C=C2\C(=O)NC(=O)N(c3cccc([N+](=O)[O-])c3)C2=O)cc(I)c1OCc1c(C)ccc2ccccc12. The van der Waals surface area contributed by atoms with Crippen LogP contribution in [0.3, 0.4) is 0 Å². The summed E-state index contributed by atoms with van der Waals surface area (Å²) in [7, 11) is 0. The second kappa shape index (κ2) is 12.0. The van der Waals surface area contributed by atoms with Crippen LogP contribution >= 0.6 is 22.6 Å². The van der Waals surface area contributed by atoms with E-state index in [-0.39, 0.29) is 16.9 Å². The lowest BCUT2D eigenvalue weighted by molar-refractivity contribution is -0.384. The van der Waals surface area contributed by atoms with Gasteiger partial charge in [0.05, 0.1) is 20.8 Å². The zero-order valence-electron chi connectivity index (χ0n) is 22.5. The van der Waals surface area contributed by atoms with E-state index in [1.807, 2.05) is 32.0 Å². The number of urea groups is 1. The molecule has 0 radical (unpaired) electrons. The van der Waals surface area contributed by atoms with Crippen molar-refractivity contribution in [3.8, 4) is 11.5 Å². The largest absolute Gasteiger partial charge is 0.490 e. The highest BCUT2D eigenvalue weighted by atomic mass is 127. The summed E-state index contributed by atoms with van der Waals surface area (Å²) in [6, 6.07) is 19.6. The molecule has 1 aliphatic rings. The van der Waals surface area contributed by atoms with Crippen molar-refractivity contribution in [2.75, 3.05) is 11.5 Å². The third-order valence-electron chi connectivity index (χ3n) is 6.68. The number of hydrogen-bond acceptors (Lipinski definition) is 7. The number of nitro benzene ring substituents is 1. The van der Waals surface area contributed by atoms with Gasteiger partial charge in [-0.1, -0.05) is 42.5 Å². The van der Waals surface area contributed by atoms with Gasteiger partial charge in [-0.3, -0.25) is 25.0 Å². The second-order valence-electron chi connectivity index (χ2n) is 9.37. The summed E-state index contributed by atoms with van der Waals surface area (Å²) >= 11 is 2.10. The van der Waals surface area contributed by atoms with E-state index >= 15 is 0 Å². The number of halogens is 1. The van der Waals surface area contributed by atoms with E-state index in [9.17, 15) is 24.5 Å². The summed E-state index contributed by atoms with van der Waals surface area (Å²) < 4.78 is 12.9. The third-order valence-corrected chi connectivity index (χ3v) is 7.48. The van der Waals surface area contributed by atoms with E-state index in [0.29, 0.717) is 38.7 Å². The third kappa shape index (κ3) is 5.68. The molecule has 0 unspecified atom stereocenters. The van der Waals surface area contributed by atoms with E-state index in [1.165, 1.54) is 24.3 Å². The first-order valence-corrected chi connectivity index (χ1v) is 14.0. The normalized spacial score (nSPS) is 14.3. The van der Waals surface area contributed by atoms with Crippen LogP contribution in [0.15, 0.2) is 78.4 Å². The minimum Gasteiger partial charge on any atom is -0.490 e. The molecular weight excluding hydrogens is 653 g/mol. The predicted octanol–water partition coefficient (Wildman–Crippen LogP) is 6.31. The highest BCUT2D eigenvalue weighted by Gasteiger charge is 2.37. The number of anilines is 1. The lowest BCUT2D eigenvalue weighted by Gasteiger charge is -2.26. The fourth-order valence-electron chi connectivity index (χ4n) is 4.66. The minimum absolute atomic E-state index is 0.0397. The smallest absolute Gasteiger partial charge is 0.335 e. The molecule has 42 heavy (non-hydrogen) atoms. The summed E-state index contributed by atoms with van der Waals surface area (Å²) in [6.45, 7) is 4.50. The van der Waals surface area contributed by atoms with Crippen molar-refractivity contribution in [3.63, 3.8) is 0 Å². The number of benzene rings is 4. The van der Waals surface area contributed by atoms with Gasteiger partial charge < -0.3 is 9.47 Å².